The van der Waals surface area contributed by atoms with Crippen molar-refractivity contribution in [3.8, 4) is 5.75 Å². The minimum atomic E-state index is 0.452. The molecule has 0 amide bonds. The maximum atomic E-state index is 5.35. The summed E-state index contributed by atoms with van der Waals surface area (Å²) in [5, 5.41) is 3.80. The van der Waals surface area contributed by atoms with Gasteiger partial charge < -0.3 is 9.57 Å². The Labute approximate surface area is 75.4 Å². The van der Waals surface area contributed by atoms with Crippen molar-refractivity contribution in [1.82, 2.24) is 9.97 Å². The van der Waals surface area contributed by atoms with E-state index in [1.54, 1.807) is 12.4 Å². The highest BCUT2D eigenvalue weighted by atomic mass is 16.6. The van der Waals surface area contributed by atoms with Crippen molar-refractivity contribution in [2.45, 2.75) is 6.42 Å². The van der Waals surface area contributed by atoms with Gasteiger partial charge in [0.15, 0.2) is 5.75 Å². The Morgan fingerprint density at radius 1 is 1.38 bits per heavy atom. The highest BCUT2D eigenvalue weighted by molar-refractivity contribution is 5.86. The molecule has 0 fully saturated rings. The summed E-state index contributed by atoms with van der Waals surface area (Å²) < 4.78 is 5.35. The number of hydrogen-bond donors (Lipinski definition) is 0. The van der Waals surface area contributed by atoms with Crippen molar-refractivity contribution in [2.24, 2.45) is 5.16 Å². The molecule has 0 unspecified atom stereocenters. The van der Waals surface area contributed by atoms with E-state index in [2.05, 4.69) is 15.1 Å². The second-order valence-corrected chi connectivity index (χ2v) is 2.60. The monoisotopic (exact) mass is 179 g/mol. The van der Waals surface area contributed by atoms with Gasteiger partial charge in [0.2, 0.25) is 0 Å². The van der Waals surface area contributed by atoms with Crippen molar-refractivity contribution in [1.29, 1.82) is 0 Å². The first-order chi connectivity index (χ1) is 6.45. The molecule has 0 atom stereocenters. The molecule has 0 N–H and O–H groups in total. The van der Waals surface area contributed by atoms with Crippen molar-refractivity contribution in [2.75, 3.05) is 13.2 Å². The van der Waals surface area contributed by atoms with E-state index in [-0.39, 0.29) is 0 Å². The normalized spacial score (nSPS) is 14.9. The molecule has 0 spiro atoms. The molecule has 0 saturated carbocycles. The van der Waals surface area contributed by atoms with Gasteiger partial charge >= 0.3 is 0 Å². The van der Waals surface area contributed by atoms with Gasteiger partial charge in [-0.25, -0.2) is 9.97 Å². The summed E-state index contributed by atoms with van der Waals surface area (Å²) in [6.07, 6.45) is 5.53. The predicted octanol–water partition coefficient (Wildman–Crippen LogP) is 0.632. The van der Waals surface area contributed by atoms with Crippen LogP contribution < -0.4 is 4.74 Å². The molecule has 1 aromatic rings. The fourth-order valence-electron chi connectivity index (χ4n) is 0.971. The molecule has 5 nitrogen and oxygen atoms in total. The summed E-state index contributed by atoms with van der Waals surface area (Å²) in [5.74, 6) is 0.650. The van der Waals surface area contributed by atoms with Gasteiger partial charge in [-0.05, 0) is 0 Å². The van der Waals surface area contributed by atoms with E-state index in [9.17, 15) is 0 Å². The largest absolute Gasteiger partial charge is 0.484 e. The lowest BCUT2D eigenvalue weighted by atomic mass is 10.3. The molecule has 1 aliphatic heterocycles. The maximum Gasteiger partial charge on any atom is 0.156 e. The fourth-order valence-corrected chi connectivity index (χ4v) is 0.971. The third-order valence-corrected chi connectivity index (χ3v) is 1.62. The zero-order chi connectivity index (χ0) is 8.93. The van der Waals surface area contributed by atoms with Crippen LogP contribution in [-0.4, -0.2) is 28.9 Å². The van der Waals surface area contributed by atoms with Gasteiger partial charge in [0.25, 0.3) is 0 Å². The average Bonchev–Trinajstić information content (AvgIpc) is 2.69. The summed E-state index contributed by atoms with van der Waals surface area (Å²) in [5.41, 5.74) is 0.920. The molecular formula is C8H9N3O2. The van der Waals surface area contributed by atoms with Crippen LogP contribution in [0.15, 0.2) is 23.9 Å². The van der Waals surface area contributed by atoms with Gasteiger partial charge in [-0.1, -0.05) is 5.16 Å². The van der Waals surface area contributed by atoms with Crippen LogP contribution in [0.25, 0.3) is 0 Å². The summed E-state index contributed by atoms with van der Waals surface area (Å²) in [6.45, 7) is 1.11. The summed E-state index contributed by atoms with van der Waals surface area (Å²) >= 11 is 0. The molecule has 0 saturated heterocycles. The molecule has 0 radical (unpaired) electrons. The van der Waals surface area contributed by atoms with Gasteiger partial charge in [-0.3, -0.25) is 0 Å². The molecular weight excluding hydrogens is 170 g/mol. The lowest BCUT2D eigenvalue weighted by Gasteiger charge is -2.02. The van der Waals surface area contributed by atoms with E-state index in [4.69, 9.17) is 9.57 Å². The third kappa shape index (κ3) is 2.14. The van der Waals surface area contributed by atoms with Gasteiger partial charge in [0.05, 0.1) is 18.1 Å². The Hall–Kier alpha value is -1.65. The lowest BCUT2D eigenvalue weighted by Crippen LogP contribution is -2.09. The van der Waals surface area contributed by atoms with Gasteiger partial charge in [-0.2, -0.15) is 0 Å². The Morgan fingerprint density at radius 3 is 2.92 bits per heavy atom. The van der Waals surface area contributed by atoms with Crippen LogP contribution in [0, 0.1) is 0 Å². The number of ether oxygens (including phenoxy) is 1. The highest BCUT2D eigenvalue weighted by Crippen LogP contribution is 2.06. The Bertz CT molecular complexity index is 300. The Kier molecular flexibility index (Phi) is 2.35. The quantitative estimate of drug-likeness (QED) is 0.683. The first-order valence-electron chi connectivity index (χ1n) is 4.00. The van der Waals surface area contributed by atoms with Crippen LogP contribution in [-0.2, 0) is 4.84 Å². The number of nitrogens with zero attached hydrogens (tertiary/aromatic N) is 3. The fraction of sp³-hybridized carbons (Fsp3) is 0.375. The van der Waals surface area contributed by atoms with E-state index < -0.39 is 0 Å². The second-order valence-electron chi connectivity index (χ2n) is 2.60. The SMILES string of the molecule is c1ncc(OCC2=NOCC2)cn1. The molecule has 2 rings (SSSR count). The van der Waals surface area contributed by atoms with Crippen LogP contribution >= 0.6 is 0 Å². The van der Waals surface area contributed by atoms with E-state index >= 15 is 0 Å². The first kappa shape index (κ1) is 7.97. The summed E-state index contributed by atoms with van der Waals surface area (Å²) in [7, 11) is 0. The number of oxime groups is 1. The van der Waals surface area contributed by atoms with Crippen molar-refractivity contribution in [3.05, 3.63) is 18.7 Å². The third-order valence-electron chi connectivity index (χ3n) is 1.62. The smallest absolute Gasteiger partial charge is 0.156 e. The summed E-state index contributed by atoms with van der Waals surface area (Å²) in [6, 6.07) is 0. The lowest BCUT2D eigenvalue weighted by molar-refractivity contribution is 0.173. The molecule has 0 aromatic carbocycles. The average molecular weight is 179 g/mol. The Morgan fingerprint density at radius 2 is 2.23 bits per heavy atom. The van der Waals surface area contributed by atoms with Gasteiger partial charge in [0.1, 0.15) is 19.5 Å². The first-order valence-corrected chi connectivity index (χ1v) is 4.00. The van der Waals surface area contributed by atoms with Crippen LogP contribution in [0.1, 0.15) is 6.42 Å². The van der Waals surface area contributed by atoms with E-state index in [0.29, 0.717) is 19.0 Å². The molecule has 1 aromatic heterocycles. The van der Waals surface area contributed by atoms with Gasteiger partial charge in [-0.15, -0.1) is 0 Å². The topological polar surface area (TPSA) is 56.6 Å². The van der Waals surface area contributed by atoms with Gasteiger partial charge in [0, 0.05) is 6.42 Å². The Balaban J connectivity index is 1.86. The van der Waals surface area contributed by atoms with Crippen LogP contribution in [0.4, 0.5) is 0 Å². The van der Waals surface area contributed by atoms with E-state index in [1.165, 1.54) is 6.33 Å². The van der Waals surface area contributed by atoms with Crippen LogP contribution in [0.2, 0.25) is 0 Å². The zero-order valence-corrected chi connectivity index (χ0v) is 7.01. The van der Waals surface area contributed by atoms with E-state index in [1.807, 2.05) is 0 Å². The highest BCUT2D eigenvalue weighted by Gasteiger charge is 2.08. The molecule has 0 aliphatic carbocycles. The molecule has 68 valence electrons. The van der Waals surface area contributed by atoms with Crippen molar-refractivity contribution >= 4 is 5.71 Å². The molecule has 2 heterocycles. The second kappa shape index (κ2) is 3.84. The van der Waals surface area contributed by atoms with Crippen LogP contribution in [0.3, 0.4) is 0 Å². The van der Waals surface area contributed by atoms with Crippen molar-refractivity contribution < 1.29 is 9.57 Å². The van der Waals surface area contributed by atoms with E-state index in [0.717, 1.165) is 12.1 Å². The number of aromatic nitrogens is 2. The van der Waals surface area contributed by atoms with Crippen LogP contribution in [0.5, 0.6) is 5.75 Å². The minimum absolute atomic E-state index is 0.452. The summed E-state index contributed by atoms with van der Waals surface area (Å²) in [4.78, 5) is 12.5. The maximum absolute atomic E-state index is 5.35. The number of rotatable bonds is 3. The molecule has 1 aliphatic rings. The molecule has 5 heteroatoms. The minimum Gasteiger partial charge on any atom is -0.484 e. The zero-order valence-electron chi connectivity index (χ0n) is 7.01. The standard InChI is InChI=1S/C8H9N3O2/c1-2-13-11-7(1)5-12-8-3-9-6-10-4-8/h3-4,6H,1-2,5H2. The molecule has 0 bridgehead atoms. The predicted molar refractivity (Wildman–Crippen MR) is 45.5 cm³/mol. The molecule has 13 heavy (non-hydrogen) atoms. The number of hydrogen-bond acceptors (Lipinski definition) is 5. The van der Waals surface area contributed by atoms with Crippen molar-refractivity contribution in [3.63, 3.8) is 0 Å².